The summed E-state index contributed by atoms with van der Waals surface area (Å²) in [5, 5.41) is 15.4. The van der Waals surface area contributed by atoms with E-state index in [2.05, 4.69) is 50.6 Å². The van der Waals surface area contributed by atoms with E-state index in [1.165, 1.54) is 50.8 Å². The zero-order valence-electron chi connectivity index (χ0n) is 34.3. The van der Waals surface area contributed by atoms with E-state index in [-0.39, 0.29) is 43.1 Å². The molecule has 5 fully saturated rings. The number of hydrogen-bond donors (Lipinski definition) is 3. The van der Waals surface area contributed by atoms with Crippen LogP contribution in [0.2, 0.25) is 0 Å². The van der Waals surface area contributed by atoms with E-state index in [9.17, 15) is 23.3 Å². The second kappa shape index (κ2) is 14.8. The Hall–Kier alpha value is -5.06. The standard InChI is InChI=1S/C44H52FN7O7S/c1-41(2)10-8-30(35(23-41)43-26-42(3,27-43)28-43)25-50-14-16-51(17-15-50)31-4-6-34(38(21-31)59-32-20-29-9-13-46-39(29)47-24-32)40(53)49-60(56,57)33-5-7-36(37(22-33)52(54)55)48-44(45)11-18-58-19-12-44/h4-7,9,13,20-22,24,48H,8,10-12,14-19,23,25-28H2,1-3H3,(H,46,47)(H,49,53). The summed E-state index contributed by atoms with van der Waals surface area (Å²) in [7, 11) is -4.64. The molecule has 2 saturated heterocycles. The van der Waals surface area contributed by atoms with Gasteiger partial charge in [0.05, 0.1) is 34.8 Å². The van der Waals surface area contributed by atoms with Crippen LogP contribution in [0.25, 0.3) is 11.0 Å². The maximum atomic E-state index is 15.4. The predicted molar refractivity (Wildman–Crippen MR) is 226 cm³/mol. The molecular formula is C44H52FN7O7S. The maximum Gasteiger partial charge on any atom is 0.293 e. The number of piperazine rings is 1. The Morgan fingerprint density at radius 2 is 1.77 bits per heavy atom. The van der Waals surface area contributed by atoms with Crippen LogP contribution < -0.4 is 19.7 Å². The molecule has 60 heavy (non-hydrogen) atoms. The lowest BCUT2D eigenvalue weighted by atomic mass is 9.33. The summed E-state index contributed by atoms with van der Waals surface area (Å²) < 4.78 is 56.2. The van der Waals surface area contributed by atoms with Gasteiger partial charge in [-0.25, -0.2) is 22.5 Å². The van der Waals surface area contributed by atoms with Gasteiger partial charge in [0.25, 0.3) is 21.6 Å². The maximum absolute atomic E-state index is 15.4. The molecule has 4 aliphatic carbocycles. The minimum Gasteiger partial charge on any atom is -0.455 e. The largest absolute Gasteiger partial charge is 0.455 e. The number of H-pyrrole nitrogens is 1. The number of ether oxygens (including phenoxy) is 2. The molecular weight excluding hydrogens is 790 g/mol. The van der Waals surface area contributed by atoms with Crippen molar-refractivity contribution in [3.63, 3.8) is 0 Å². The third-order valence-electron chi connectivity index (χ3n) is 13.4. The van der Waals surface area contributed by atoms with Crippen LogP contribution in [-0.2, 0) is 14.8 Å². The number of halogens is 1. The fraction of sp³-hybridized carbons (Fsp3) is 0.500. The molecule has 6 aliphatic rings. The molecule has 2 bridgehead atoms. The third kappa shape index (κ3) is 7.84. The lowest BCUT2D eigenvalue weighted by molar-refractivity contribution is -0.384. The first-order chi connectivity index (χ1) is 28.5. The van der Waals surface area contributed by atoms with E-state index in [4.69, 9.17) is 9.47 Å². The summed E-state index contributed by atoms with van der Waals surface area (Å²) in [5.74, 6) is -2.50. The molecule has 14 nitrogen and oxygen atoms in total. The molecule has 318 valence electrons. The molecule has 3 saturated carbocycles. The van der Waals surface area contributed by atoms with Gasteiger partial charge in [-0.05, 0) is 91.2 Å². The number of nitro benzene ring substituents is 1. The zero-order valence-corrected chi connectivity index (χ0v) is 35.1. The lowest BCUT2D eigenvalue weighted by Gasteiger charge is -2.72. The number of alkyl halides is 1. The van der Waals surface area contributed by atoms with Gasteiger partial charge in [-0.3, -0.25) is 19.8 Å². The summed E-state index contributed by atoms with van der Waals surface area (Å²) in [6, 6.07) is 11.7. The summed E-state index contributed by atoms with van der Waals surface area (Å²) >= 11 is 0. The van der Waals surface area contributed by atoms with Crippen LogP contribution in [-0.4, -0.2) is 85.8 Å². The van der Waals surface area contributed by atoms with Gasteiger partial charge in [-0.15, -0.1) is 0 Å². The van der Waals surface area contributed by atoms with E-state index in [0.29, 0.717) is 27.6 Å². The number of allylic oxidation sites excluding steroid dienone is 1. The van der Waals surface area contributed by atoms with Crippen molar-refractivity contribution in [2.24, 2.45) is 16.2 Å². The summed E-state index contributed by atoms with van der Waals surface area (Å²) in [4.78, 5) is 36.8. The molecule has 4 heterocycles. The quantitative estimate of drug-likeness (QED) is 0.0545. The molecule has 0 atom stereocenters. The monoisotopic (exact) mass is 841 g/mol. The molecule has 0 unspecified atom stereocenters. The van der Waals surface area contributed by atoms with Crippen LogP contribution in [0.5, 0.6) is 11.5 Å². The van der Waals surface area contributed by atoms with E-state index >= 15 is 4.39 Å². The normalized spacial score (nSPS) is 25.0. The van der Waals surface area contributed by atoms with Gasteiger partial charge in [0.15, 0.2) is 5.79 Å². The SMILES string of the molecule is CC1(C)CCC(CN2CCN(c3ccc(C(=O)NS(=O)(=O)c4ccc(NC5(F)CCOCC5)c([N+](=O)[O-])c4)c(Oc4cnc5[nH]ccc5c4)c3)CC2)=C(C23CC(C)(C2)C3)C1. The topological polar surface area (TPSA) is 172 Å². The Balaban J connectivity index is 0.936. The molecule has 0 spiro atoms. The zero-order chi connectivity index (χ0) is 42.1. The first kappa shape index (κ1) is 40.4. The number of amides is 1. The Morgan fingerprint density at radius 3 is 2.48 bits per heavy atom. The number of benzene rings is 2. The Morgan fingerprint density at radius 1 is 1.02 bits per heavy atom. The van der Waals surface area contributed by atoms with E-state index in [0.717, 1.165) is 62.0 Å². The van der Waals surface area contributed by atoms with Crippen LogP contribution in [0.15, 0.2) is 77.0 Å². The fourth-order valence-electron chi connectivity index (χ4n) is 10.4. The van der Waals surface area contributed by atoms with Crippen LogP contribution in [0, 0.1) is 26.4 Å². The van der Waals surface area contributed by atoms with Gasteiger partial charge in [-0.1, -0.05) is 31.9 Å². The lowest BCUT2D eigenvalue weighted by Crippen LogP contribution is -2.61. The van der Waals surface area contributed by atoms with Crippen molar-refractivity contribution < 1.29 is 32.0 Å². The minimum atomic E-state index is -4.64. The second-order valence-corrected chi connectivity index (χ2v) is 20.4. The Labute approximate surface area is 349 Å². The number of pyridine rings is 1. The average Bonchev–Trinajstić information content (AvgIpc) is 3.65. The summed E-state index contributed by atoms with van der Waals surface area (Å²) in [6.45, 7) is 11.8. The number of nitro groups is 1. The number of aromatic nitrogens is 2. The van der Waals surface area contributed by atoms with Gasteiger partial charge in [0.2, 0.25) is 0 Å². The highest BCUT2D eigenvalue weighted by atomic mass is 32.2. The summed E-state index contributed by atoms with van der Waals surface area (Å²) in [6.07, 6.45) is 10.8. The smallest absolute Gasteiger partial charge is 0.293 e. The number of nitrogens with one attached hydrogen (secondary N) is 3. The molecule has 10 rings (SSSR count). The van der Waals surface area contributed by atoms with Crippen LogP contribution >= 0.6 is 0 Å². The highest BCUT2D eigenvalue weighted by molar-refractivity contribution is 7.90. The molecule has 16 heteroatoms. The van der Waals surface area contributed by atoms with Crippen molar-refractivity contribution in [1.29, 1.82) is 0 Å². The van der Waals surface area contributed by atoms with Crippen LogP contribution in [0.1, 0.15) is 82.5 Å². The van der Waals surface area contributed by atoms with Gasteiger partial charge in [0, 0.05) is 75.0 Å². The number of hydrogen-bond acceptors (Lipinski definition) is 11. The number of nitrogens with zero attached hydrogens (tertiary/aromatic N) is 4. The summed E-state index contributed by atoms with van der Waals surface area (Å²) in [5.41, 5.74) is 5.32. The predicted octanol–water partition coefficient (Wildman–Crippen LogP) is 8.09. The average molecular weight is 842 g/mol. The van der Waals surface area contributed by atoms with Crippen molar-refractivity contribution in [2.75, 3.05) is 56.2 Å². The second-order valence-electron chi connectivity index (χ2n) is 18.8. The van der Waals surface area contributed by atoms with E-state index in [1.807, 2.05) is 6.07 Å². The van der Waals surface area contributed by atoms with Crippen molar-refractivity contribution in [3.8, 4) is 11.5 Å². The third-order valence-corrected chi connectivity index (χ3v) is 14.8. The number of fused-ring (bicyclic) bond motifs is 1. The molecule has 0 radical (unpaired) electrons. The molecule has 4 aromatic rings. The first-order valence-corrected chi connectivity index (χ1v) is 22.3. The van der Waals surface area contributed by atoms with E-state index < -0.39 is 37.2 Å². The first-order valence-electron chi connectivity index (χ1n) is 20.8. The van der Waals surface area contributed by atoms with Gasteiger partial charge >= 0.3 is 0 Å². The minimum absolute atomic E-state index is 0.0349. The highest BCUT2D eigenvalue weighted by Gasteiger charge is 2.66. The Bertz CT molecular complexity index is 2490. The number of aromatic amines is 1. The van der Waals surface area contributed by atoms with Gasteiger partial charge in [0.1, 0.15) is 22.8 Å². The number of carbonyl (C=O) groups is 1. The molecule has 2 aromatic carbocycles. The van der Waals surface area contributed by atoms with Crippen molar-refractivity contribution in [3.05, 3.63) is 87.7 Å². The molecule has 3 N–H and O–H groups in total. The molecule has 1 amide bonds. The highest BCUT2D eigenvalue weighted by Crippen LogP contribution is 2.77. The number of anilines is 2. The van der Waals surface area contributed by atoms with Gasteiger partial charge in [-0.2, -0.15) is 0 Å². The van der Waals surface area contributed by atoms with Crippen molar-refractivity contribution in [1.82, 2.24) is 19.6 Å². The van der Waals surface area contributed by atoms with Crippen molar-refractivity contribution >= 4 is 44.0 Å². The van der Waals surface area contributed by atoms with E-state index in [1.54, 1.807) is 35.5 Å². The fourth-order valence-corrected chi connectivity index (χ4v) is 11.4. The number of sulfonamides is 1. The molecule has 2 aromatic heterocycles. The number of carbonyl (C=O) groups excluding carboxylic acids is 1. The number of rotatable bonds is 12. The van der Waals surface area contributed by atoms with Crippen molar-refractivity contribution in [2.45, 2.75) is 82.8 Å². The van der Waals surface area contributed by atoms with Crippen LogP contribution in [0.4, 0.5) is 21.5 Å². The Kier molecular flexibility index (Phi) is 9.98. The van der Waals surface area contributed by atoms with Crippen LogP contribution in [0.3, 0.4) is 0 Å². The molecule has 2 aliphatic heterocycles. The van der Waals surface area contributed by atoms with Gasteiger partial charge < -0.3 is 24.7 Å².